The van der Waals surface area contributed by atoms with E-state index in [0.717, 1.165) is 11.1 Å². The zero-order valence-electron chi connectivity index (χ0n) is 12.6. The topological polar surface area (TPSA) is 26.3 Å². The molecule has 0 heterocycles. The Morgan fingerprint density at radius 2 is 1.21 bits per heavy atom. The summed E-state index contributed by atoms with van der Waals surface area (Å²) in [4.78, 5) is 12.6. The number of hydrogen-bond acceptors (Lipinski definition) is 2. The van der Waals surface area contributed by atoms with E-state index in [-0.39, 0.29) is 29.9 Å². The van der Waals surface area contributed by atoms with E-state index >= 15 is 0 Å². The van der Waals surface area contributed by atoms with Crippen molar-refractivity contribution < 1.29 is 9.53 Å². The summed E-state index contributed by atoms with van der Waals surface area (Å²) in [5.41, 5.74) is 2.31. The van der Waals surface area contributed by atoms with E-state index < -0.39 is 0 Å². The van der Waals surface area contributed by atoms with Crippen LogP contribution in [0.15, 0.2) is 91.0 Å². The first-order chi connectivity index (χ1) is 11.3. The van der Waals surface area contributed by atoms with Crippen molar-refractivity contribution in [1.82, 2.24) is 0 Å². The van der Waals surface area contributed by atoms with Gasteiger partial charge in [-0.1, -0.05) is 78.9 Å². The molecule has 0 N–H and O–H groups in total. The molecule has 0 bridgehead atoms. The van der Waals surface area contributed by atoms with Gasteiger partial charge in [0.05, 0.1) is 5.57 Å². The molecule has 120 valence electrons. The minimum atomic E-state index is -0.369. The molecule has 0 aliphatic rings. The Hall–Kier alpha value is -2.33. The summed E-state index contributed by atoms with van der Waals surface area (Å²) in [5.74, 6) is 0.165. The molecule has 0 radical (unpaired) electrons. The van der Waals surface area contributed by atoms with Crippen LogP contribution in [0.4, 0.5) is 0 Å². The van der Waals surface area contributed by atoms with Gasteiger partial charge in [-0.2, -0.15) is 0 Å². The van der Waals surface area contributed by atoms with Gasteiger partial charge < -0.3 is 4.74 Å². The van der Waals surface area contributed by atoms with Crippen molar-refractivity contribution in [3.05, 3.63) is 102 Å². The Morgan fingerprint density at radius 1 is 0.708 bits per heavy atom. The van der Waals surface area contributed by atoms with Crippen LogP contribution in [-0.4, -0.2) is 29.9 Å². The second-order valence-corrected chi connectivity index (χ2v) is 5.04. The van der Waals surface area contributed by atoms with Gasteiger partial charge in [0.2, 0.25) is 0 Å². The van der Waals surface area contributed by atoms with Gasteiger partial charge in [-0.25, -0.2) is 4.79 Å². The molecule has 0 unspecified atom stereocenters. The fourth-order valence-corrected chi connectivity index (χ4v) is 2.24. The summed E-state index contributed by atoms with van der Waals surface area (Å²) in [6, 6.07) is 28.4. The van der Waals surface area contributed by atoms with Gasteiger partial charge in [-0.15, -0.1) is 0 Å². The predicted octanol–water partition coefficient (Wildman–Crippen LogP) is 3.38. The Morgan fingerprint density at radius 3 is 1.79 bits per heavy atom. The van der Waals surface area contributed by atoms with Crippen LogP contribution in [-0.2, 0) is 4.79 Å². The quantitative estimate of drug-likeness (QED) is 0.212. The Labute approximate surface area is 158 Å². The van der Waals surface area contributed by atoms with Crippen LogP contribution in [0, 0.1) is 0 Å². The molecule has 24 heavy (non-hydrogen) atoms. The summed E-state index contributed by atoms with van der Waals surface area (Å²) < 4.78 is 5.50. The van der Waals surface area contributed by atoms with Crippen LogP contribution < -0.4 is 4.74 Å². The number of benzene rings is 3. The zero-order chi connectivity index (χ0) is 15.9. The van der Waals surface area contributed by atoms with Gasteiger partial charge in [0.1, 0.15) is 5.75 Å². The molecule has 0 aliphatic carbocycles. The van der Waals surface area contributed by atoms with E-state index in [2.05, 4.69) is 0 Å². The number of para-hydroxylation sites is 1. The van der Waals surface area contributed by atoms with Crippen molar-refractivity contribution in [2.24, 2.45) is 0 Å². The molecule has 3 heteroatoms. The van der Waals surface area contributed by atoms with E-state index in [1.54, 1.807) is 12.1 Å². The number of ether oxygens (including phenoxy) is 1. The van der Waals surface area contributed by atoms with Crippen LogP contribution in [0.3, 0.4) is 0 Å². The molecule has 3 aromatic carbocycles. The van der Waals surface area contributed by atoms with Gasteiger partial charge in [0.25, 0.3) is 0 Å². The summed E-state index contributed by atoms with van der Waals surface area (Å²) in [6.07, 6.45) is 1.85. The summed E-state index contributed by atoms with van der Waals surface area (Å²) in [7, 11) is 0. The van der Waals surface area contributed by atoms with E-state index in [0.29, 0.717) is 11.3 Å². The molecule has 0 atom stereocenters. The molecule has 0 saturated heterocycles. The van der Waals surface area contributed by atoms with Gasteiger partial charge >= 0.3 is 29.9 Å². The van der Waals surface area contributed by atoms with Crippen LogP contribution in [0.2, 0.25) is 0 Å². The van der Waals surface area contributed by atoms with E-state index in [9.17, 15) is 4.79 Å². The molecule has 3 rings (SSSR count). The molecule has 2 nitrogen and oxygen atoms in total. The minimum absolute atomic E-state index is 0. The zero-order valence-corrected chi connectivity index (χ0v) is 12.6. The third kappa shape index (κ3) is 4.83. The van der Waals surface area contributed by atoms with Crippen molar-refractivity contribution in [3.63, 3.8) is 0 Å². The SMILES string of the molecule is O=C(Oc1ccccc1)C(=Cc1ccccc1)c1ccccc1.[SnH4]. The van der Waals surface area contributed by atoms with Crippen molar-refractivity contribution in [2.75, 3.05) is 0 Å². The monoisotopic (exact) mass is 424 g/mol. The van der Waals surface area contributed by atoms with Crippen LogP contribution in [0.5, 0.6) is 5.75 Å². The third-order valence-electron chi connectivity index (χ3n) is 3.37. The van der Waals surface area contributed by atoms with Crippen molar-refractivity contribution in [1.29, 1.82) is 0 Å². The first-order valence-electron chi connectivity index (χ1n) is 7.42. The number of esters is 1. The first kappa shape index (κ1) is 18.0. The molecule has 0 saturated carbocycles. The van der Waals surface area contributed by atoms with Crippen LogP contribution >= 0.6 is 0 Å². The molecular weight excluding hydrogens is 403 g/mol. The maximum atomic E-state index is 12.6. The average Bonchev–Trinajstić information content (AvgIpc) is 2.62. The normalized spacial score (nSPS) is 10.6. The predicted molar refractivity (Wildman–Crippen MR) is 104 cm³/mol. The standard InChI is InChI=1S/C21H16O2.Sn.4H/c22-21(23-19-14-8-3-9-15-19)20(18-12-6-2-7-13-18)16-17-10-4-1-5-11-17;;;;;/h1-16H;;;;;. The Bertz CT molecular complexity index is 797. The summed E-state index contributed by atoms with van der Waals surface area (Å²) in [6.45, 7) is 0. The van der Waals surface area contributed by atoms with E-state index in [4.69, 9.17) is 4.74 Å². The maximum absolute atomic E-state index is 12.6. The van der Waals surface area contributed by atoms with Crippen molar-refractivity contribution >= 4 is 41.5 Å². The molecule has 3 aromatic rings. The number of hydrogen-bond donors (Lipinski definition) is 0. The summed E-state index contributed by atoms with van der Waals surface area (Å²) in [5, 5.41) is 0. The van der Waals surface area contributed by atoms with Crippen LogP contribution in [0.1, 0.15) is 11.1 Å². The number of rotatable bonds is 4. The first-order valence-corrected chi connectivity index (χ1v) is 7.42. The Balaban J connectivity index is 0.00000208. The van der Waals surface area contributed by atoms with Gasteiger partial charge in [0, 0.05) is 0 Å². The van der Waals surface area contributed by atoms with E-state index in [1.165, 1.54) is 0 Å². The van der Waals surface area contributed by atoms with Crippen molar-refractivity contribution in [3.8, 4) is 5.75 Å². The summed E-state index contributed by atoms with van der Waals surface area (Å²) >= 11 is 0. The third-order valence-corrected chi connectivity index (χ3v) is 3.37. The molecule has 0 fully saturated rings. The number of carbonyl (C=O) groups is 1. The van der Waals surface area contributed by atoms with Gasteiger partial charge in [-0.05, 0) is 29.3 Å². The molecule has 0 spiro atoms. The van der Waals surface area contributed by atoms with E-state index in [1.807, 2.05) is 84.9 Å². The van der Waals surface area contributed by atoms with Gasteiger partial charge in [-0.3, -0.25) is 0 Å². The molecule has 0 amide bonds. The average molecular weight is 423 g/mol. The number of carbonyl (C=O) groups excluding carboxylic acids is 1. The van der Waals surface area contributed by atoms with Crippen LogP contribution in [0.25, 0.3) is 11.6 Å². The second-order valence-electron chi connectivity index (χ2n) is 5.04. The second kappa shape index (κ2) is 9.08. The van der Waals surface area contributed by atoms with Crippen molar-refractivity contribution in [2.45, 2.75) is 0 Å². The fourth-order valence-electron chi connectivity index (χ4n) is 2.24. The fraction of sp³-hybridized carbons (Fsp3) is 0. The molecule has 0 aliphatic heterocycles. The molecule has 0 aromatic heterocycles. The van der Waals surface area contributed by atoms with Gasteiger partial charge in [0.15, 0.2) is 0 Å². The Kier molecular flexibility index (Phi) is 6.82. The molecular formula is C21H20O2Sn.